The van der Waals surface area contributed by atoms with Gasteiger partial charge in [0.05, 0.1) is 10.2 Å². The summed E-state index contributed by atoms with van der Waals surface area (Å²) in [6.45, 7) is 1.89. The van der Waals surface area contributed by atoms with Gasteiger partial charge in [0, 0.05) is 18.3 Å². The number of rotatable bonds is 8. The van der Waals surface area contributed by atoms with Crippen molar-refractivity contribution in [3.05, 3.63) is 78.1 Å². The third kappa shape index (κ3) is 5.07. The minimum Gasteiger partial charge on any atom is -0.480 e. The molecule has 4 rings (SSSR count). The SMILES string of the molecule is CCC[C@@H](C(=O)O)N(C)C(=O)c1ccc(-c2ccc(Nc3nc4ccc(F)cc4s3)cc2)cc1. The molecule has 1 amide bonds. The van der Waals surface area contributed by atoms with E-state index < -0.39 is 12.0 Å². The first-order chi connectivity index (χ1) is 16.4. The summed E-state index contributed by atoms with van der Waals surface area (Å²) < 4.78 is 14.2. The molecule has 0 unspecified atom stereocenters. The number of anilines is 2. The van der Waals surface area contributed by atoms with E-state index in [4.69, 9.17) is 0 Å². The molecule has 0 bridgehead atoms. The number of carbonyl (C=O) groups is 2. The Kier molecular flexibility index (Phi) is 6.88. The van der Waals surface area contributed by atoms with Gasteiger partial charge in [-0.05, 0) is 60.0 Å². The van der Waals surface area contributed by atoms with Crippen LogP contribution < -0.4 is 5.32 Å². The highest BCUT2D eigenvalue weighted by Crippen LogP contribution is 2.30. The van der Waals surface area contributed by atoms with Gasteiger partial charge in [0.2, 0.25) is 0 Å². The van der Waals surface area contributed by atoms with Crippen molar-refractivity contribution in [1.29, 1.82) is 0 Å². The smallest absolute Gasteiger partial charge is 0.326 e. The molecule has 0 saturated carbocycles. The number of thiazole rings is 1. The predicted octanol–water partition coefficient (Wildman–Crippen LogP) is 6.17. The summed E-state index contributed by atoms with van der Waals surface area (Å²) in [5, 5.41) is 13.3. The molecule has 1 atom stereocenters. The first-order valence-electron chi connectivity index (χ1n) is 10.9. The number of nitrogens with zero attached hydrogens (tertiary/aromatic N) is 2. The van der Waals surface area contributed by atoms with E-state index in [0.717, 1.165) is 27.0 Å². The Bertz CT molecular complexity index is 1320. The lowest BCUT2D eigenvalue weighted by molar-refractivity contribution is -0.142. The fourth-order valence-electron chi connectivity index (χ4n) is 3.73. The number of hydrogen-bond donors (Lipinski definition) is 2. The first-order valence-corrected chi connectivity index (χ1v) is 11.7. The maximum Gasteiger partial charge on any atom is 0.326 e. The van der Waals surface area contributed by atoms with Crippen LogP contribution in [0.3, 0.4) is 0 Å². The van der Waals surface area contributed by atoms with Gasteiger partial charge in [0.1, 0.15) is 11.9 Å². The Hall–Kier alpha value is -3.78. The topological polar surface area (TPSA) is 82.5 Å². The monoisotopic (exact) mass is 477 g/mol. The van der Waals surface area contributed by atoms with Gasteiger partial charge >= 0.3 is 5.97 Å². The molecule has 2 N–H and O–H groups in total. The molecule has 0 fully saturated rings. The highest BCUT2D eigenvalue weighted by atomic mass is 32.1. The van der Waals surface area contributed by atoms with Crippen molar-refractivity contribution in [3.8, 4) is 11.1 Å². The van der Waals surface area contributed by atoms with E-state index in [-0.39, 0.29) is 11.7 Å². The van der Waals surface area contributed by atoms with E-state index in [9.17, 15) is 19.1 Å². The van der Waals surface area contributed by atoms with Crippen molar-refractivity contribution in [1.82, 2.24) is 9.88 Å². The van der Waals surface area contributed by atoms with Gasteiger partial charge in [-0.25, -0.2) is 14.2 Å². The van der Waals surface area contributed by atoms with Gasteiger partial charge in [-0.1, -0.05) is 48.9 Å². The maximum atomic E-state index is 13.4. The van der Waals surface area contributed by atoms with E-state index in [0.29, 0.717) is 23.5 Å². The molecule has 0 aliphatic carbocycles. The average Bonchev–Trinajstić information content (AvgIpc) is 3.23. The highest BCUT2D eigenvalue weighted by Gasteiger charge is 2.26. The molecular weight excluding hydrogens is 453 g/mol. The van der Waals surface area contributed by atoms with E-state index in [1.54, 1.807) is 18.2 Å². The zero-order valence-corrected chi connectivity index (χ0v) is 19.6. The van der Waals surface area contributed by atoms with Crippen molar-refractivity contribution in [3.63, 3.8) is 0 Å². The number of halogens is 1. The highest BCUT2D eigenvalue weighted by molar-refractivity contribution is 7.22. The number of benzene rings is 3. The number of fused-ring (bicyclic) bond motifs is 1. The second kappa shape index (κ2) is 10.0. The summed E-state index contributed by atoms with van der Waals surface area (Å²) >= 11 is 1.39. The second-order valence-corrected chi connectivity index (χ2v) is 9.00. The Balaban J connectivity index is 1.45. The summed E-state index contributed by atoms with van der Waals surface area (Å²) in [6, 6.07) is 18.6. The van der Waals surface area contributed by atoms with Gasteiger partial charge in [0.15, 0.2) is 5.13 Å². The zero-order chi connectivity index (χ0) is 24.2. The molecule has 0 saturated heterocycles. The van der Waals surface area contributed by atoms with Gasteiger partial charge in [-0.15, -0.1) is 0 Å². The van der Waals surface area contributed by atoms with Gasteiger partial charge in [-0.2, -0.15) is 0 Å². The summed E-state index contributed by atoms with van der Waals surface area (Å²) in [5.41, 5.74) is 3.95. The minimum absolute atomic E-state index is 0.283. The van der Waals surface area contributed by atoms with Crippen molar-refractivity contribution < 1.29 is 19.1 Å². The largest absolute Gasteiger partial charge is 0.480 e. The Labute approximate surface area is 200 Å². The fourth-order valence-corrected chi connectivity index (χ4v) is 4.64. The summed E-state index contributed by atoms with van der Waals surface area (Å²) in [7, 11) is 1.53. The number of carboxylic acid groups (broad SMARTS) is 1. The fraction of sp³-hybridized carbons (Fsp3) is 0.192. The van der Waals surface area contributed by atoms with Crippen LogP contribution in [0.25, 0.3) is 21.3 Å². The number of aliphatic carboxylic acids is 1. The number of hydrogen-bond acceptors (Lipinski definition) is 5. The lowest BCUT2D eigenvalue weighted by atomic mass is 10.0. The molecule has 34 heavy (non-hydrogen) atoms. The molecule has 6 nitrogen and oxygen atoms in total. The van der Waals surface area contributed by atoms with Crippen LogP contribution in [0, 0.1) is 5.82 Å². The van der Waals surface area contributed by atoms with Crippen LogP contribution in [0.2, 0.25) is 0 Å². The van der Waals surface area contributed by atoms with Crippen LogP contribution in [0.15, 0.2) is 66.7 Å². The van der Waals surface area contributed by atoms with Gasteiger partial charge in [0.25, 0.3) is 5.91 Å². The molecule has 0 aliphatic rings. The van der Waals surface area contributed by atoms with Crippen LogP contribution in [0.4, 0.5) is 15.2 Å². The molecule has 3 aromatic carbocycles. The standard InChI is InChI=1S/C26H24FN3O3S/c1-3-4-22(25(32)33)30(2)24(31)18-7-5-16(6-8-18)17-9-12-20(13-10-17)28-26-29-21-14-11-19(27)15-23(21)34-26/h5-15,22H,3-4H2,1-2H3,(H,28,29)(H,32,33)/t22-/m0/s1. The lowest BCUT2D eigenvalue weighted by Gasteiger charge is -2.24. The van der Waals surface area contributed by atoms with Crippen LogP contribution in [-0.2, 0) is 4.79 Å². The molecule has 0 radical (unpaired) electrons. The van der Waals surface area contributed by atoms with Crippen LogP contribution in [0.5, 0.6) is 0 Å². The van der Waals surface area contributed by atoms with E-state index in [1.807, 2.05) is 43.3 Å². The van der Waals surface area contributed by atoms with Crippen LogP contribution in [-0.4, -0.2) is 40.0 Å². The number of amides is 1. The average molecular weight is 478 g/mol. The van der Waals surface area contributed by atoms with Crippen molar-refractivity contribution in [2.75, 3.05) is 12.4 Å². The third-order valence-electron chi connectivity index (χ3n) is 5.59. The number of carboxylic acids is 1. The maximum absolute atomic E-state index is 13.4. The first kappa shape index (κ1) is 23.4. The second-order valence-electron chi connectivity index (χ2n) is 7.97. The lowest BCUT2D eigenvalue weighted by Crippen LogP contribution is -2.42. The van der Waals surface area contributed by atoms with Gasteiger partial charge in [-0.3, -0.25) is 4.79 Å². The molecular formula is C26H24FN3O3S. The Morgan fingerprint density at radius 2 is 1.71 bits per heavy atom. The van der Waals surface area contributed by atoms with Crippen molar-refractivity contribution >= 4 is 44.2 Å². The normalized spacial score (nSPS) is 11.9. The van der Waals surface area contributed by atoms with Crippen LogP contribution >= 0.6 is 11.3 Å². The van der Waals surface area contributed by atoms with E-state index >= 15 is 0 Å². The molecule has 0 aliphatic heterocycles. The summed E-state index contributed by atoms with van der Waals surface area (Å²) in [4.78, 5) is 30.0. The Morgan fingerprint density at radius 3 is 2.32 bits per heavy atom. The van der Waals surface area contributed by atoms with E-state index in [2.05, 4.69) is 10.3 Å². The molecule has 1 heterocycles. The number of aromatic nitrogens is 1. The molecule has 0 spiro atoms. The molecule has 174 valence electrons. The minimum atomic E-state index is -0.999. The molecule has 1 aromatic heterocycles. The Morgan fingerprint density at radius 1 is 1.06 bits per heavy atom. The van der Waals surface area contributed by atoms with Crippen LogP contribution in [0.1, 0.15) is 30.1 Å². The number of likely N-dealkylation sites (N-methyl/N-ethyl adjacent to an activating group) is 1. The summed E-state index contributed by atoms with van der Waals surface area (Å²) in [6.07, 6.45) is 1.08. The van der Waals surface area contributed by atoms with E-state index in [1.165, 1.54) is 35.4 Å². The predicted molar refractivity (Wildman–Crippen MR) is 133 cm³/mol. The number of carbonyl (C=O) groups excluding carboxylic acids is 1. The quantitative estimate of drug-likeness (QED) is 0.317. The molecule has 4 aromatic rings. The van der Waals surface area contributed by atoms with Crippen molar-refractivity contribution in [2.24, 2.45) is 0 Å². The van der Waals surface area contributed by atoms with Crippen molar-refractivity contribution in [2.45, 2.75) is 25.8 Å². The zero-order valence-electron chi connectivity index (χ0n) is 18.8. The summed E-state index contributed by atoms with van der Waals surface area (Å²) in [5.74, 6) is -1.60. The third-order valence-corrected chi connectivity index (χ3v) is 6.52. The molecule has 8 heteroatoms. The van der Waals surface area contributed by atoms with Gasteiger partial charge < -0.3 is 15.3 Å². The number of nitrogens with one attached hydrogen (secondary N) is 1.